The number of hydrogen-bond donors (Lipinski definition) is 3. The standard InChI is InChI=1S/C16H20N2O5/c1-16(20,13-8-5-9-23-13)10-17-15(19)18-11-6-4-7-12(21-2)14(11)22-3/h4-9,20H,10H2,1-3H3,(H2,17,18,19). The molecule has 1 aromatic carbocycles. The van der Waals surface area contributed by atoms with Crippen LogP contribution in [0.1, 0.15) is 12.7 Å². The van der Waals surface area contributed by atoms with Crippen molar-refractivity contribution in [3.05, 3.63) is 42.4 Å². The molecule has 0 aliphatic heterocycles. The molecule has 124 valence electrons. The van der Waals surface area contributed by atoms with Crippen molar-refractivity contribution in [2.24, 2.45) is 0 Å². The fourth-order valence-electron chi connectivity index (χ4n) is 2.08. The normalized spacial score (nSPS) is 13.0. The third-order valence-corrected chi connectivity index (χ3v) is 3.30. The molecule has 3 N–H and O–H groups in total. The Morgan fingerprint density at radius 3 is 2.65 bits per heavy atom. The first-order valence-electron chi connectivity index (χ1n) is 7.00. The number of methoxy groups -OCH3 is 2. The lowest BCUT2D eigenvalue weighted by molar-refractivity contribution is 0.0372. The van der Waals surface area contributed by atoms with Crippen molar-refractivity contribution in [3.8, 4) is 11.5 Å². The van der Waals surface area contributed by atoms with Gasteiger partial charge in [-0.15, -0.1) is 0 Å². The molecule has 2 aromatic rings. The smallest absolute Gasteiger partial charge is 0.319 e. The number of anilines is 1. The maximum atomic E-state index is 12.0. The Kier molecular flexibility index (Phi) is 5.13. The molecule has 0 spiro atoms. The molecule has 0 radical (unpaired) electrons. The van der Waals surface area contributed by atoms with Gasteiger partial charge in [0, 0.05) is 0 Å². The van der Waals surface area contributed by atoms with Crippen LogP contribution in [-0.4, -0.2) is 31.9 Å². The lowest BCUT2D eigenvalue weighted by atomic mass is 10.0. The molecule has 2 rings (SSSR count). The van der Waals surface area contributed by atoms with Gasteiger partial charge in [-0.3, -0.25) is 0 Å². The molecule has 0 saturated heterocycles. The highest BCUT2D eigenvalue weighted by atomic mass is 16.5. The molecule has 0 aliphatic carbocycles. The van der Waals surface area contributed by atoms with Crippen molar-refractivity contribution in [1.82, 2.24) is 5.32 Å². The van der Waals surface area contributed by atoms with Crippen LogP contribution in [0.4, 0.5) is 10.5 Å². The average molecular weight is 320 g/mol. The molecule has 0 fully saturated rings. The lowest BCUT2D eigenvalue weighted by Gasteiger charge is -2.21. The average Bonchev–Trinajstić information content (AvgIpc) is 3.08. The number of rotatable bonds is 6. The minimum Gasteiger partial charge on any atom is -0.493 e. The molecule has 23 heavy (non-hydrogen) atoms. The minimum absolute atomic E-state index is 0.0152. The number of furan rings is 1. The Balaban J connectivity index is 2.00. The zero-order valence-electron chi connectivity index (χ0n) is 13.3. The van der Waals surface area contributed by atoms with Crippen molar-refractivity contribution in [3.63, 3.8) is 0 Å². The number of amides is 2. The summed E-state index contributed by atoms with van der Waals surface area (Å²) >= 11 is 0. The van der Waals surface area contributed by atoms with Crippen LogP contribution in [-0.2, 0) is 5.60 Å². The van der Waals surface area contributed by atoms with E-state index in [0.29, 0.717) is 22.9 Å². The number of nitrogens with one attached hydrogen (secondary N) is 2. The first-order valence-corrected chi connectivity index (χ1v) is 7.00. The maximum Gasteiger partial charge on any atom is 0.319 e. The zero-order chi connectivity index (χ0) is 16.9. The molecular weight excluding hydrogens is 300 g/mol. The summed E-state index contributed by atoms with van der Waals surface area (Å²) in [6, 6.07) is 7.98. The molecular formula is C16H20N2O5. The van der Waals surface area contributed by atoms with Gasteiger partial charge in [0.1, 0.15) is 11.4 Å². The number of urea groups is 1. The Morgan fingerprint density at radius 2 is 2.04 bits per heavy atom. The van der Waals surface area contributed by atoms with Crippen LogP contribution >= 0.6 is 0 Å². The van der Waals surface area contributed by atoms with Crippen LogP contribution < -0.4 is 20.1 Å². The van der Waals surface area contributed by atoms with Gasteiger partial charge in [-0.25, -0.2) is 4.79 Å². The van der Waals surface area contributed by atoms with Gasteiger partial charge in [0.2, 0.25) is 0 Å². The van der Waals surface area contributed by atoms with Crippen LogP contribution in [0.2, 0.25) is 0 Å². The molecule has 0 saturated carbocycles. The number of para-hydroxylation sites is 1. The van der Waals surface area contributed by atoms with E-state index in [0.717, 1.165) is 0 Å². The molecule has 7 nitrogen and oxygen atoms in total. The molecule has 1 heterocycles. The Labute approximate surface area is 134 Å². The van der Waals surface area contributed by atoms with Crippen molar-refractivity contribution >= 4 is 11.7 Å². The summed E-state index contributed by atoms with van der Waals surface area (Å²) < 4.78 is 15.6. The summed E-state index contributed by atoms with van der Waals surface area (Å²) in [6.07, 6.45) is 1.46. The molecule has 0 bridgehead atoms. The van der Waals surface area contributed by atoms with E-state index < -0.39 is 11.6 Å². The highest BCUT2D eigenvalue weighted by Gasteiger charge is 2.27. The van der Waals surface area contributed by atoms with Gasteiger partial charge in [-0.1, -0.05) is 6.07 Å². The van der Waals surface area contributed by atoms with E-state index in [1.807, 2.05) is 0 Å². The molecule has 1 aromatic heterocycles. The second-order valence-electron chi connectivity index (χ2n) is 5.10. The first kappa shape index (κ1) is 16.7. The number of benzene rings is 1. The number of aliphatic hydroxyl groups is 1. The van der Waals surface area contributed by atoms with E-state index in [-0.39, 0.29) is 6.54 Å². The van der Waals surface area contributed by atoms with Crippen LogP contribution in [0, 0.1) is 0 Å². The summed E-state index contributed by atoms with van der Waals surface area (Å²) in [4.78, 5) is 12.0. The van der Waals surface area contributed by atoms with Crippen LogP contribution in [0.3, 0.4) is 0 Å². The number of hydrogen-bond acceptors (Lipinski definition) is 5. The third-order valence-electron chi connectivity index (χ3n) is 3.30. The van der Waals surface area contributed by atoms with Gasteiger partial charge >= 0.3 is 6.03 Å². The summed E-state index contributed by atoms with van der Waals surface area (Å²) in [5, 5.41) is 15.5. The number of ether oxygens (including phenoxy) is 2. The monoisotopic (exact) mass is 320 g/mol. The molecule has 2 amide bonds. The topological polar surface area (TPSA) is 93.0 Å². The molecule has 1 unspecified atom stereocenters. The highest BCUT2D eigenvalue weighted by molar-refractivity contribution is 5.91. The van der Waals surface area contributed by atoms with Gasteiger partial charge in [0.05, 0.1) is 32.7 Å². The second kappa shape index (κ2) is 7.06. The fourth-order valence-corrected chi connectivity index (χ4v) is 2.08. The largest absolute Gasteiger partial charge is 0.493 e. The summed E-state index contributed by atoms with van der Waals surface area (Å²) in [7, 11) is 3.00. The van der Waals surface area contributed by atoms with Crippen molar-refractivity contribution < 1.29 is 23.8 Å². The summed E-state index contributed by atoms with van der Waals surface area (Å²) in [6.45, 7) is 1.54. The first-order chi connectivity index (χ1) is 11.0. The van der Waals surface area contributed by atoms with Crippen molar-refractivity contribution in [2.45, 2.75) is 12.5 Å². The van der Waals surface area contributed by atoms with Gasteiger partial charge < -0.3 is 29.6 Å². The minimum atomic E-state index is -1.31. The number of carbonyl (C=O) groups is 1. The predicted molar refractivity (Wildman–Crippen MR) is 84.8 cm³/mol. The SMILES string of the molecule is COc1cccc(NC(=O)NCC(C)(O)c2ccco2)c1OC. The fraction of sp³-hybridized carbons (Fsp3) is 0.312. The Hall–Kier alpha value is -2.67. The highest BCUT2D eigenvalue weighted by Crippen LogP contribution is 2.34. The zero-order valence-corrected chi connectivity index (χ0v) is 13.3. The Bertz CT molecular complexity index is 652. The van der Waals surface area contributed by atoms with E-state index >= 15 is 0 Å². The molecule has 1 atom stereocenters. The quantitative estimate of drug-likeness (QED) is 0.759. The Morgan fingerprint density at radius 1 is 1.26 bits per heavy atom. The third kappa shape index (κ3) is 3.95. The van der Waals surface area contributed by atoms with E-state index in [1.54, 1.807) is 37.3 Å². The van der Waals surface area contributed by atoms with Gasteiger partial charge in [0.15, 0.2) is 11.5 Å². The molecule has 7 heteroatoms. The predicted octanol–water partition coefficient (Wildman–Crippen LogP) is 2.33. The van der Waals surface area contributed by atoms with Gasteiger partial charge in [-0.2, -0.15) is 0 Å². The van der Waals surface area contributed by atoms with E-state index in [2.05, 4.69) is 10.6 Å². The summed E-state index contributed by atoms with van der Waals surface area (Å²) in [5.41, 5.74) is -0.846. The van der Waals surface area contributed by atoms with Gasteiger partial charge in [0.25, 0.3) is 0 Å². The molecule has 0 aliphatic rings. The van der Waals surface area contributed by atoms with Crippen LogP contribution in [0.25, 0.3) is 0 Å². The van der Waals surface area contributed by atoms with Crippen LogP contribution in [0.5, 0.6) is 11.5 Å². The number of carbonyl (C=O) groups excluding carboxylic acids is 1. The van der Waals surface area contributed by atoms with Gasteiger partial charge in [-0.05, 0) is 31.2 Å². The van der Waals surface area contributed by atoms with Crippen molar-refractivity contribution in [1.29, 1.82) is 0 Å². The van der Waals surface area contributed by atoms with E-state index in [9.17, 15) is 9.90 Å². The van der Waals surface area contributed by atoms with Crippen LogP contribution in [0.15, 0.2) is 41.0 Å². The second-order valence-corrected chi connectivity index (χ2v) is 5.10. The van der Waals surface area contributed by atoms with E-state index in [4.69, 9.17) is 13.9 Å². The lowest BCUT2D eigenvalue weighted by Crippen LogP contribution is -2.40. The summed E-state index contributed by atoms with van der Waals surface area (Å²) in [5.74, 6) is 1.30. The maximum absolute atomic E-state index is 12.0. The van der Waals surface area contributed by atoms with E-state index in [1.165, 1.54) is 20.5 Å². The van der Waals surface area contributed by atoms with Crippen molar-refractivity contribution in [2.75, 3.05) is 26.1 Å².